The summed E-state index contributed by atoms with van der Waals surface area (Å²) in [6, 6.07) is 0. The fourth-order valence-electron chi connectivity index (χ4n) is 1.52. The first-order valence-electron chi connectivity index (χ1n) is 4.66. The first kappa shape index (κ1) is 15.2. The van der Waals surface area contributed by atoms with Gasteiger partial charge in [0.1, 0.15) is 12.2 Å². The molecule has 1 aliphatic rings. The third kappa shape index (κ3) is 6.05. The first-order valence-corrected chi connectivity index (χ1v) is 7.72. The van der Waals surface area contributed by atoms with Crippen LogP contribution in [0.2, 0.25) is 0 Å². The molecule has 0 saturated carbocycles. The molecule has 0 radical (unpaired) electrons. The van der Waals surface area contributed by atoms with Gasteiger partial charge in [-0.2, -0.15) is 0 Å². The molecule has 0 aliphatic carbocycles. The SMILES string of the molecule is CC1C[C@H](OP(=O)(O)O)[C@@H](COP(=O)(O)O)O1. The van der Waals surface area contributed by atoms with Crippen molar-refractivity contribution in [1.29, 1.82) is 0 Å². The summed E-state index contributed by atoms with van der Waals surface area (Å²) in [5, 5.41) is 0. The molecule has 1 aliphatic heterocycles. The number of hydrogen-bond donors (Lipinski definition) is 4. The Morgan fingerprint density at radius 3 is 2.29 bits per heavy atom. The molecule has 1 heterocycles. The molecular formula is C6H14O9P2. The van der Waals surface area contributed by atoms with Gasteiger partial charge in [0.2, 0.25) is 0 Å². The van der Waals surface area contributed by atoms with Gasteiger partial charge in [0, 0.05) is 6.42 Å². The molecule has 0 aromatic rings. The lowest BCUT2D eigenvalue weighted by molar-refractivity contribution is -0.0165. The van der Waals surface area contributed by atoms with Crippen molar-refractivity contribution in [3.8, 4) is 0 Å². The first-order chi connectivity index (χ1) is 7.57. The molecule has 1 saturated heterocycles. The molecule has 1 fully saturated rings. The van der Waals surface area contributed by atoms with Crippen molar-refractivity contribution in [1.82, 2.24) is 0 Å². The Morgan fingerprint density at radius 2 is 1.82 bits per heavy atom. The molecule has 1 unspecified atom stereocenters. The van der Waals surface area contributed by atoms with E-state index in [-0.39, 0.29) is 12.5 Å². The maximum absolute atomic E-state index is 10.7. The highest BCUT2D eigenvalue weighted by Gasteiger charge is 2.39. The van der Waals surface area contributed by atoms with Gasteiger partial charge < -0.3 is 24.3 Å². The second-order valence-electron chi connectivity index (χ2n) is 3.64. The number of ether oxygens (including phenoxy) is 1. The van der Waals surface area contributed by atoms with Gasteiger partial charge in [-0.3, -0.25) is 9.05 Å². The summed E-state index contributed by atoms with van der Waals surface area (Å²) in [4.78, 5) is 34.3. The van der Waals surface area contributed by atoms with E-state index in [1.54, 1.807) is 6.92 Å². The van der Waals surface area contributed by atoms with Gasteiger partial charge >= 0.3 is 15.6 Å². The Balaban J connectivity index is 2.56. The topological polar surface area (TPSA) is 143 Å². The summed E-state index contributed by atoms with van der Waals surface area (Å²) in [6.07, 6.45) is -2.01. The standard InChI is InChI=1S/C6H14O9P2/c1-4-2-5(15-17(10,11)12)6(14-4)3-13-16(7,8)9/h4-6H,2-3H2,1H3,(H2,7,8,9)(H2,10,11,12)/t4?,5-,6+/m0/s1. The van der Waals surface area contributed by atoms with Crippen LogP contribution in [0.1, 0.15) is 13.3 Å². The maximum atomic E-state index is 10.7. The van der Waals surface area contributed by atoms with E-state index in [0.29, 0.717) is 0 Å². The maximum Gasteiger partial charge on any atom is 0.469 e. The molecule has 0 spiro atoms. The Labute approximate surface area is 97.2 Å². The highest BCUT2D eigenvalue weighted by atomic mass is 31.2. The number of phosphoric acid groups is 2. The molecule has 4 N–H and O–H groups in total. The number of rotatable bonds is 5. The molecule has 0 bridgehead atoms. The number of phosphoric ester groups is 2. The number of hydrogen-bond acceptors (Lipinski definition) is 5. The molecule has 1 rings (SSSR count). The van der Waals surface area contributed by atoms with Crippen LogP contribution in [0.5, 0.6) is 0 Å². The normalized spacial score (nSPS) is 30.8. The molecule has 11 heteroatoms. The van der Waals surface area contributed by atoms with Crippen molar-refractivity contribution in [2.24, 2.45) is 0 Å². The Morgan fingerprint density at radius 1 is 1.24 bits per heavy atom. The lowest BCUT2D eigenvalue weighted by Gasteiger charge is -2.19. The monoisotopic (exact) mass is 292 g/mol. The summed E-state index contributed by atoms with van der Waals surface area (Å²) >= 11 is 0. The smallest absolute Gasteiger partial charge is 0.370 e. The van der Waals surface area contributed by atoms with Crippen LogP contribution >= 0.6 is 15.6 Å². The lowest BCUT2D eigenvalue weighted by Crippen LogP contribution is -2.28. The zero-order valence-electron chi connectivity index (χ0n) is 8.87. The zero-order valence-corrected chi connectivity index (χ0v) is 10.7. The van der Waals surface area contributed by atoms with Crippen molar-refractivity contribution in [2.75, 3.05) is 6.61 Å². The van der Waals surface area contributed by atoms with Gasteiger partial charge in [-0.25, -0.2) is 9.13 Å². The Bertz CT molecular complexity index is 345. The molecule has 17 heavy (non-hydrogen) atoms. The van der Waals surface area contributed by atoms with Gasteiger partial charge in [-0.15, -0.1) is 0 Å². The van der Waals surface area contributed by atoms with Gasteiger partial charge in [0.15, 0.2) is 0 Å². The minimum Gasteiger partial charge on any atom is -0.370 e. The molecule has 0 aromatic carbocycles. The minimum absolute atomic E-state index is 0.209. The van der Waals surface area contributed by atoms with Crippen LogP contribution in [-0.2, 0) is 22.9 Å². The zero-order chi connectivity index (χ0) is 13.3. The average molecular weight is 292 g/mol. The van der Waals surface area contributed by atoms with Gasteiger partial charge in [0.25, 0.3) is 0 Å². The van der Waals surface area contributed by atoms with Crippen LogP contribution in [-0.4, -0.2) is 44.5 Å². The molecule has 0 amide bonds. The highest BCUT2D eigenvalue weighted by molar-refractivity contribution is 7.46. The van der Waals surface area contributed by atoms with Gasteiger partial charge in [-0.1, -0.05) is 0 Å². The molecule has 0 aromatic heterocycles. The second-order valence-corrected chi connectivity index (χ2v) is 6.07. The predicted octanol–water partition coefficient (Wildman–Crippen LogP) is -0.249. The van der Waals surface area contributed by atoms with E-state index in [1.165, 1.54) is 0 Å². The van der Waals surface area contributed by atoms with E-state index in [2.05, 4.69) is 9.05 Å². The van der Waals surface area contributed by atoms with E-state index in [9.17, 15) is 9.13 Å². The van der Waals surface area contributed by atoms with E-state index in [1.807, 2.05) is 0 Å². The summed E-state index contributed by atoms with van der Waals surface area (Å²) in [5.41, 5.74) is 0. The summed E-state index contributed by atoms with van der Waals surface area (Å²) in [7, 11) is -9.32. The summed E-state index contributed by atoms with van der Waals surface area (Å²) in [5.74, 6) is 0. The van der Waals surface area contributed by atoms with E-state index in [0.717, 1.165) is 0 Å². The average Bonchev–Trinajstić information content (AvgIpc) is 2.38. The van der Waals surface area contributed by atoms with E-state index < -0.39 is 34.5 Å². The lowest BCUT2D eigenvalue weighted by atomic mass is 10.1. The van der Waals surface area contributed by atoms with Crippen LogP contribution in [0.25, 0.3) is 0 Å². The summed E-state index contributed by atoms with van der Waals surface area (Å²) in [6.45, 7) is 1.15. The Hall–Kier alpha value is 0.180. The fraction of sp³-hybridized carbons (Fsp3) is 1.00. The quantitative estimate of drug-likeness (QED) is 0.504. The van der Waals surface area contributed by atoms with Crippen LogP contribution in [0.4, 0.5) is 0 Å². The largest absolute Gasteiger partial charge is 0.469 e. The van der Waals surface area contributed by atoms with E-state index >= 15 is 0 Å². The van der Waals surface area contributed by atoms with Crippen LogP contribution < -0.4 is 0 Å². The molecule has 102 valence electrons. The fourth-order valence-corrected chi connectivity index (χ4v) is 2.44. The van der Waals surface area contributed by atoms with E-state index in [4.69, 9.17) is 24.3 Å². The van der Waals surface area contributed by atoms with Crippen LogP contribution in [0, 0.1) is 0 Å². The third-order valence-corrected chi connectivity index (χ3v) is 3.10. The summed E-state index contributed by atoms with van der Waals surface area (Å²) < 4.78 is 35.0. The van der Waals surface area contributed by atoms with Crippen LogP contribution in [0.15, 0.2) is 0 Å². The minimum atomic E-state index is -4.67. The van der Waals surface area contributed by atoms with Crippen molar-refractivity contribution < 1.29 is 42.5 Å². The van der Waals surface area contributed by atoms with Crippen molar-refractivity contribution in [2.45, 2.75) is 31.7 Å². The second kappa shape index (κ2) is 5.44. The predicted molar refractivity (Wildman–Crippen MR) is 53.9 cm³/mol. The van der Waals surface area contributed by atoms with Gasteiger partial charge in [-0.05, 0) is 6.92 Å². The van der Waals surface area contributed by atoms with Gasteiger partial charge in [0.05, 0.1) is 12.7 Å². The van der Waals surface area contributed by atoms with Crippen molar-refractivity contribution in [3.63, 3.8) is 0 Å². The van der Waals surface area contributed by atoms with Crippen molar-refractivity contribution in [3.05, 3.63) is 0 Å². The molecule has 9 nitrogen and oxygen atoms in total. The highest BCUT2D eigenvalue weighted by Crippen LogP contribution is 2.43. The third-order valence-electron chi connectivity index (χ3n) is 2.07. The Kier molecular flexibility index (Phi) is 4.88. The van der Waals surface area contributed by atoms with Crippen LogP contribution in [0.3, 0.4) is 0 Å². The molecule has 3 atom stereocenters. The molecular weight excluding hydrogens is 278 g/mol. The van der Waals surface area contributed by atoms with Crippen molar-refractivity contribution >= 4 is 15.6 Å².